The molecule has 0 bridgehead atoms. The molecule has 0 aromatic heterocycles. The Bertz CT molecular complexity index is 519. The van der Waals surface area contributed by atoms with E-state index in [2.05, 4.69) is 16.1 Å². The largest absolute Gasteiger partial charge is 0.514 e. The smallest absolute Gasteiger partial charge is 0.430 e. The summed E-state index contributed by atoms with van der Waals surface area (Å²) < 4.78 is 39.9. The van der Waals surface area contributed by atoms with E-state index in [9.17, 15) is 13.2 Å². The Hall–Kier alpha value is -1.86. The summed E-state index contributed by atoms with van der Waals surface area (Å²) in [6.45, 7) is 3.27. The number of carbonyl (C=O) groups is 1. The van der Waals surface area contributed by atoms with E-state index < -0.39 is 21.2 Å². The fourth-order valence-electron chi connectivity index (χ4n) is 0.994. The van der Waals surface area contributed by atoms with Crippen LogP contribution in [0.15, 0.2) is 41.8 Å². The van der Waals surface area contributed by atoms with E-state index in [1.807, 2.05) is 0 Å². The quantitative estimate of drug-likeness (QED) is 0.382. The minimum atomic E-state index is -4.45. The molecule has 0 aliphatic carbocycles. The standard InChI is InChI=1S/C10H10O6S/c1-2-7-15-10(11)16-8-5-3-4-6-9(8)17(12,13)14/h2-6H,1,7H2,(H,12,13,14). The molecular formula is C10H10O6S. The number of rotatable bonds is 4. The SMILES string of the molecule is C=CCOC(=O)Oc1ccccc1S(=O)(=O)O. The Morgan fingerprint density at radius 1 is 1.41 bits per heavy atom. The Kier molecular flexibility index (Phi) is 4.24. The zero-order chi connectivity index (χ0) is 12.9. The third kappa shape index (κ3) is 3.89. The molecule has 7 heteroatoms. The molecule has 0 amide bonds. The van der Waals surface area contributed by atoms with Gasteiger partial charge in [-0.2, -0.15) is 8.42 Å². The van der Waals surface area contributed by atoms with Crippen LogP contribution < -0.4 is 4.74 Å². The first-order valence-electron chi connectivity index (χ1n) is 4.47. The highest BCUT2D eigenvalue weighted by Gasteiger charge is 2.18. The summed E-state index contributed by atoms with van der Waals surface area (Å²) in [6, 6.07) is 5.15. The Labute approximate surface area is 98.2 Å². The lowest BCUT2D eigenvalue weighted by atomic mass is 10.3. The molecule has 0 unspecified atom stereocenters. The molecule has 1 rings (SSSR count). The van der Waals surface area contributed by atoms with Crippen LogP contribution >= 0.6 is 0 Å². The normalized spacial score (nSPS) is 10.6. The molecule has 0 aliphatic rings. The molecule has 1 aromatic rings. The van der Waals surface area contributed by atoms with Crippen molar-refractivity contribution in [3.05, 3.63) is 36.9 Å². The van der Waals surface area contributed by atoms with Gasteiger partial charge in [0, 0.05) is 0 Å². The van der Waals surface area contributed by atoms with E-state index in [0.29, 0.717) is 0 Å². The Balaban J connectivity index is 2.92. The first kappa shape index (κ1) is 13.2. The van der Waals surface area contributed by atoms with Crippen molar-refractivity contribution >= 4 is 16.3 Å². The molecule has 0 saturated carbocycles. The molecule has 0 radical (unpaired) electrons. The summed E-state index contributed by atoms with van der Waals surface area (Å²) >= 11 is 0. The minimum absolute atomic E-state index is 0.0626. The van der Waals surface area contributed by atoms with Crippen LogP contribution in [0.4, 0.5) is 4.79 Å². The van der Waals surface area contributed by atoms with Crippen LogP contribution in [0.1, 0.15) is 0 Å². The van der Waals surface area contributed by atoms with Gasteiger partial charge in [0.05, 0.1) is 0 Å². The fraction of sp³-hybridized carbons (Fsp3) is 0.100. The lowest BCUT2D eigenvalue weighted by Gasteiger charge is -2.07. The molecule has 1 aromatic carbocycles. The highest BCUT2D eigenvalue weighted by molar-refractivity contribution is 7.86. The van der Waals surface area contributed by atoms with Crippen LogP contribution in [0, 0.1) is 0 Å². The molecular weight excluding hydrogens is 248 g/mol. The maximum Gasteiger partial charge on any atom is 0.514 e. The van der Waals surface area contributed by atoms with Gasteiger partial charge in [0.15, 0.2) is 5.75 Å². The van der Waals surface area contributed by atoms with Crippen molar-refractivity contribution in [1.29, 1.82) is 0 Å². The van der Waals surface area contributed by atoms with E-state index in [0.717, 1.165) is 6.07 Å². The van der Waals surface area contributed by atoms with Crippen LogP contribution in [0.2, 0.25) is 0 Å². The average molecular weight is 258 g/mol. The average Bonchev–Trinajstić information content (AvgIpc) is 2.25. The number of benzene rings is 1. The number of para-hydroxylation sites is 1. The molecule has 0 spiro atoms. The van der Waals surface area contributed by atoms with Crippen LogP contribution in [-0.4, -0.2) is 25.7 Å². The summed E-state index contributed by atoms with van der Waals surface area (Å²) in [5.41, 5.74) is 0. The van der Waals surface area contributed by atoms with Gasteiger partial charge in [0.1, 0.15) is 11.5 Å². The van der Waals surface area contributed by atoms with Gasteiger partial charge in [-0.15, -0.1) is 0 Å². The molecule has 17 heavy (non-hydrogen) atoms. The predicted molar refractivity (Wildman–Crippen MR) is 58.4 cm³/mol. The molecule has 0 heterocycles. The van der Waals surface area contributed by atoms with Crippen molar-refractivity contribution in [2.45, 2.75) is 4.90 Å². The highest BCUT2D eigenvalue weighted by atomic mass is 32.2. The van der Waals surface area contributed by atoms with Gasteiger partial charge in [-0.1, -0.05) is 24.8 Å². The number of hydrogen-bond acceptors (Lipinski definition) is 5. The third-order valence-electron chi connectivity index (χ3n) is 1.64. The van der Waals surface area contributed by atoms with Gasteiger partial charge < -0.3 is 9.47 Å². The molecule has 0 atom stereocenters. The number of ether oxygens (including phenoxy) is 2. The topological polar surface area (TPSA) is 89.9 Å². The molecule has 92 valence electrons. The second-order valence-corrected chi connectivity index (χ2v) is 4.26. The van der Waals surface area contributed by atoms with Crippen molar-refractivity contribution in [1.82, 2.24) is 0 Å². The molecule has 6 nitrogen and oxygen atoms in total. The van der Waals surface area contributed by atoms with Gasteiger partial charge in [0.2, 0.25) is 0 Å². The monoisotopic (exact) mass is 258 g/mol. The summed E-state index contributed by atoms with van der Waals surface area (Å²) in [4.78, 5) is 10.6. The number of carbonyl (C=O) groups excluding carboxylic acids is 1. The van der Waals surface area contributed by atoms with Crippen molar-refractivity contribution in [2.75, 3.05) is 6.61 Å². The summed E-state index contributed by atoms with van der Waals surface area (Å²) in [5, 5.41) is 0. The first-order valence-corrected chi connectivity index (χ1v) is 5.91. The van der Waals surface area contributed by atoms with E-state index >= 15 is 0 Å². The van der Waals surface area contributed by atoms with Crippen LogP contribution in [0.25, 0.3) is 0 Å². The van der Waals surface area contributed by atoms with Gasteiger partial charge in [-0.25, -0.2) is 4.79 Å². The van der Waals surface area contributed by atoms with Crippen molar-refractivity contribution in [3.8, 4) is 5.75 Å². The van der Waals surface area contributed by atoms with E-state index in [4.69, 9.17) is 4.55 Å². The second kappa shape index (κ2) is 5.46. The van der Waals surface area contributed by atoms with Gasteiger partial charge >= 0.3 is 6.16 Å². The zero-order valence-corrected chi connectivity index (χ0v) is 9.51. The summed E-state index contributed by atoms with van der Waals surface area (Å²) in [6.07, 6.45) is 0.247. The van der Waals surface area contributed by atoms with Crippen LogP contribution in [0.5, 0.6) is 5.75 Å². The van der Waals surface area contributed by atoms with Gasteiger partial charge in [0.25, 0.3) is 10.1 Å². The second-order valence-electron chi connectivity index (χ2n) is 2.87. The Morgan fingerprint density at radius 2 is 2.06 bits per heavy atom. The van der Waals surface area contributed by atoms with E-state index in [1.165, 1.54) is 24.3 Å². The van der Waals surface area contributed by atoms with Crippen molar-refractivity contribution < 1.29 is 27.2 Å². The molecule has 1 N–H and O–H groups in total. The van der Waals surface area contributed by atoms with Crippen molar-refractivity contribution in [3.63, 3.8) is 0 Å². The van der Waals surface area contributed by atoms with Crippen LogP contribution in [-0.2, 0) is 14.9 Å². The maximum absolute atomic E-state index is 11.1. The fourth-order valence-corrected chi connectivity index (χ4v) is 1.61. The zero-order valence-electron chi connectivity index (χ0n) is 8.70. The van der Waals surface area contributed by atoms with Gasteiger partial charge in [-0.05, 0) is 12.1 Å². The molecule has 0 fully saturated rings. The summed E-state index contributed by atoms with van der Waals surface area (Å²) in [5.74, 6) is -0.302. The predicted octanol–water partition coefficient (Wildman–Crippen LogP) is 1.63. The Morgan fingerprint density at radius 3 is 2.65 bits per heavy atom. The molecule has 0 saturated heterocycles. The van der Waals surface area contributed by atoms with Crippen molar-refractivity contribution in [2.24, 2.45) is 0 Å². The number of hydrogen-bond donors (Lipinski definition) is 1. The maximum atomic E-state index is 11.1. The molecule has 0 aliphatic heterocycles. The summed E-state index contributed by atoms with van der Waals surface area (Å²) in [7, 11) is -4.45. The lowest BCUT2D eigenvalue weighted by molar-refractivity contribution is 0.108. The van der Waals surface area contributed by atoms with E-state index in [1.54, 1.807) is 0 Å². The minimum Gasteiger partial charge on any atom is -0.430 e. The lowest BCUT2D eigenvalue weighted by Crippen LogP contribution is -2.12. The van der Waals surface area contributed by atoms with E-state index in [-0.39, 0.29) is 12.4 Å². The third-order valence-corrected chi connectivity index (χ3v) is 2.53. The van der Waals surface area contributed by atoms with Gasteiger partial charge in [-0.3, -0.25) is 4.55 Å². The van der Waals surface area contributed by atoms with Crippen LogP contribution in [0.3, 0.4) is 0 Å². The first-order chi connectivity index (χ1) is 7.95. The highest BCUT2D eigenvalue weighted by Crippen LogP contribution is 2.23.